The largest absolute Gasteiger partial charge is 0.378 e. The van der Waals surface area contributed by atoms with Crippen LogP contribution in [-0.2, 0) is 14.8 Å². The monoisotopic (exact) mass is 291 g/mol. The van der Waals surface area contributed by atoms with Crippen molar-refractivity contribution in [3.05, 3.63) is 0 Å². The zero-order valence-electron chi connectivity index (χ0n) is 12.3. The van der Waals surface area contributed by atoms with E-state index in [2.05, 4.69) is 13.8 Å². The summed E-state index contributed by atoms with van der Waals surface area (Å²) in [5, 5.41) is 5.01. The summed E-state index contributed by atoms with van der Waals surface area (Å²) in [6, 6.07) is 0. The van der Waals surface area contributed by atoms with Crippen molar-refractivity contribution < 1.29 is 13.2 Å². The van der Waals surface area contributed by atoms with Crippen LogP contribution in [0.5, 0.6) is 0 Å². The molecule has 114 valence electrons. The lowest BCUT2D eigenvalue weighted by Crippen LogP contribution is -2.28. The summed E-state index contributed by atoms with van der Waals surface area (Å²) in [5.74, 6) is 1.14. The summed E-state index contributed by atoms with van der Waals surface area (Å²) in [4.78, 5) is 0. The molecule has 0 radical (unpaired) electrons. The zero-order chi connectivity index (χ0) is 14.3. The first kappa shape index (κ1) is 16.9. The van der Waals surface area contributed by atoms with Crippen LogP contribution in [0.25, 0.3) is 0 Å². The summed E-state index contributed by atoms with van der Waals surface area (Å²) >= 11 is 0. The molecule has 0 amide bonds. The Morgan fingerprint density at radius 2 is 1.95 bits per heavy atom. The fraction of sp³-hybridized carbons (Fsp3) is 1.00. The van der Waals surface area contributed by atoms with E-state index in [1.807, 2.05) is 0 Å². The van der Waals surface area contributed by atoms with Crippen molar-refractivity contribution >= 4 is 10.0 Å². The lowest BCUT2D eigenvalue weighted by Gasteiger charge is -2.31. The Kier molecular flexibility index (Phi) is 7.32. The Morgan fingerprint density at radius 3 is 2.58 bits per heavy atom. The van der Waals surface area contributed by atoms with Crippen LogP contribution in [0.3, 0.4) is 0 Å². The third-order valence-electron chi connectivity index (χ3n) is 4.20. The minimum Gasteiger partial charge on any atom is -0.378 e. The van der Waals surface area contributed by atoms with Crippen LogP contribution >= 0.6 is 0 Å². The van der Waals surface area contributed by atoms with Gasteiger partial charge < -0.3 is 4.74 Å². The lowest BCUT2D eigenvalue weighted by atomic mass is 9.85. The van der Waals surface area contributed by atoms with Gasteiger partial charge in [-0.1, -0.05) is 33.1 Å². The van der Waals surface area contributed by atoms with Gasteiger partial charge in [-0.3, -0.25) is 0 Å². The number of nitrogens with two attached hydrogens (primary N) is 1. The van der Waals surface area contributed by atoms with Gasteiger partial charge >= 0.3 is 0 Å². The Hall–Kier alpha value is -0.130. The Bertz CT molecular complexity index is 343. The topological polar surface area (TPSA) is 69.4 Å². The minimum absolute atomic E-state index is 0.0786. The van der Waals surface area contributed by atoms with Crippen LogP contribution in [0, 0.1) is 11.8 Å². The summed E-state index contributed by atoms with van der Waals surface area (Å²) in [5.41, 5.74) is 0. The number of sulfonamides is 1. The van der Waals surface area contributed by atoms with Gasteiger partial charge in [-0.15, -0.1) is 0 Å². The molecule has 3 unspecified atom stereocenters. The molecule has 5 heteroatoms. The van der Waals surface area contributed by atoms with Gasteiger partial charge in [0.25, 0.3) is 0 Å². The van der Waals surface area contributed by atoms with Gasteiger partial charge in [0.05, 0.1) is 11.9 Å². The standard InChI is InChI=1S/C14H29NO3S/c1-3-13-6-4-5-7-14(13)18-10-8-12(2)9-11-19(15,16)17/h12-14H,3-11H2,1-2H3,(H2,15,16,17). The lowest BCUT2D eigenvalue weighted by molar-refractivity contribution is -0.0166. The molecule has 0 aliphatic heterocycles. The van der Waals surface area contributed by atoms with Gasteiger partial charge in [0.1, 0.15) is 0 Å². The van der Waals surface area contributed by atoms with E-state index in [-0.39, 0.29) is 5.75 Å². The summed E-state index contributed by atoms with van der Waals surface area (Å²) in [6.07, 6.45) is 8.26. The van der Waals surface area contributed by atoms with Crippen molar-refractivity contribution in [1.82, 2.24) is 0 Å². The molecule has 0 aromatic carbocycles. The molecule has 0 bridgehead atoms. The fourth-order valence-corrected chi connectivity index (χ4v) is 3.52. The normalized spacial score (nSPS) is 26.3. The SMILES string of the molecule is CCC1CCCCC1OCCC(C)CCS(N)(=O)=O. The molecule has 0 aromatic rings. The van der Waals surface area contributed by atoms with Gasteiger partial charge in [-0.25, -0.2) is 13.6 Å². The predicted molar refractivity (Wildman–Crippen MR) is 78.4 cm³/mol. The highest BCUT2D eigenvalue weighted by molar-refractivity contribution is 7.89. The molecule has 0 aromatic heterocycles. The maximum atomic E-state index is 10.9. The van der Waals surface area contributed by atoms with Crippen LogP contribution in [0.1, 0.15) is 58.8 Å². The zero-order valence-corrected chi connectivity index (χ0v) is 13.1. The second kappa shape index (κ2) is 8.22. The van der Waals surface area contributed by atoms with Gasteiger partial charge in [0.2, 0.25) is 10.0 Å². The van der Waals surface area contributed by atoms with E-state index >= 15 is 0 Å². The quantitative estimate of drug-likeness (QED) is 0.747. The fourth-order valence-electron chi connectivity index (χ4n) is 2.79. The Balaban J connectivity index is 2.18. The molecule has 0 saturated heterocycles. The van der Waals surface area contributed by atoms with E-state index in [0.29, 0.717) is 24.4 Å². The molecule has 1 fully saturated rings. The Morgan fingerprint density at radius 1 is 1.26 bits per heavy atom. The van der Waals surface area contributed by atoms with E-state index in [1.54, 1.807) is 0 Å². The van der Waals surface area contributed by atoms with E-state index in [9.17, 15) is 8.42 Å². The van der Waals surface area contributed by atoms with Crippen LogP contribution in [0.2, 0.25) is 0 Å². The second-order valence-electron chi connectivity index (χ2n) is 5.91. The van der Waals surface area contributed by atoms with Crippen molar-refractivity contribution in [2.24, 2.45) is 17.0 Å². The van der Waals surface area contributed by atoms with Crippen LogP contribution in [0.4, 0.5) is 0 Å². The second-order valence-corrected chi connectivity index (χ2v) is 7.65. The van der Waals surface area contributed by atoms with Gasteiger partial charge in [-0.05, 0) is 37.5 Å². The van der Waals surface area contributed by atoms with E-state index < -0.39 is 10.0 Å². The first-order valence-corrected chi connectivity index (χ1v) is 9.26. The summed E-state index contributed by atoms with van der Waals surface area (Å²) < 4.78 is 27.8. The maximum Gasteiger partial charge on any atom is 0.209 e. The van der Waals surface area contributed by atoms with Crippen molar-refractivity contribution in [2.45, 2.75) is 64.9 Å². The molecule has 4 nitrogen and oxygen atoms in total. The molecule has 19 heavy (non-hydrogen) atoms. The number of hydrogen-bond acceptors (Lipinski definition) is 3. The predicted octanol–water partition coefficient (Wildman–Crippen LogP) is 2.68. The molecule has 1 aliphatic rings. The average Bonchev–Trinajstić information content (AvgIpc) is 2.36. The van der Waals surface area contributed by atoms with Crippen LogP contribution in [0.15, 0.2) is 0 Å². The average molecular weight is 291 g/mol. The van der Waals surface area contributed by atoms with Gasteiger partial charge in [0, 0.05) is 6.61 Å². The van der Waals surface area contributed by atoms with Crippen molar-refractivity contribution in [3.63, 3.8) is 0 Å². The highest BCUT2D eigenvalue weighted by Crippen LogP contribution is 2.29. The number of rotatable bonds is 8. The highest BCUT2D eigenvalue weighted by Gasteiger charge is 2.24. The third kappa shape index (κ3) is 7.28. The first-order chi connectivity index (χ1) is 8.92. The summed E-state index contributed by atoms with van der Waals surface area (Å²) in [6.45, 7) is 5.04. The van der Waals surface area contributed by atoms with Crippen molar-refractivity contribution in [3.8, 4) is 0 Å². The molecular weight excluding hydrogens is 262 g/mol. The number of hydrogen-bond donors (Lipinski definition) is 1. The van der Waals surface area contributed by atoms with Crippen LogP contribution in [-0.4, -0.2) is 26.9 Å². The molecular formula is C14H29NO3S. The van der Waals surface area contributed by atoms with E-state index in [0.717, 1.165) is 13.0 Å². The third-order valence-corrected chi connectivity index (χ3v) is 5.01. The van der Waals surface area contributed by atoms with Crippen molar-refractivity contribution in [2.75, 3.05) is 12.4 Å². The first-order valence-electron chi connectivity index (χ1n) is 7.54. The van der Waals surface area contributed by atoms with E-state index in [1.165, 1.54) is 32.1 Å². The molecule has 0 spiro atoms. The maximum absolute atomic E-state index is 10.9. The Labute approximate surface area is 118 Å². The molecule has 0 heterocycles. The molecule has 1 rings (SSSR count). The summed E-state index contributed by atoms with van der Waals surface area (Å²) in [7, 11) is -3.32. The number of primary sulfonamides is 1. The van der Waals surface area contributed by atoms with Gasteiger partial charge in [-0.2, -0.15) is 0 Å². The number of ether oxygens (including phenoxy) is 1. The minimum atomic E-state index is -3.32. The molecule has 2 N–H and O–H groups in total. The molecule has 3 atom stereocenters. The van der Waals surface area contributed by atoms with E-state index in [4.69, 9.17) is 9.88 Å². The molecule has 1 aliphatic carbocycles. The van der Waals surface area contributed by atoms with Gasteiger partial charge in [0.15, 0.2) is 0 Å². The smallest absolute Gasteiger partial charge is 0.209 e. The van der Waals surface area contributed by atoms with Crippen molar-refractivity contribution in [1.29, 1.82) is 0 Å². The van der Waals surface area contributed by atoms with Crippen LogP contribution < -0.4 is 5.14 Å². The highest BCUT2D eigenvalue weighted by atomic mass is 32.2. The molecule has 1 saturated carbocycles.